The van der Waals surface area contributed by atoms with E-state index in [0.717, 1.165) is 25.7 Å². The van der Waals surface area contributed by atoms with Gasteiger partial charge in [-0.2, -0.15) is 0 Å². The van der Waals surface area contributed by atoms with E-state index in [0.29, 0.717) is 54.6 Å². The molecular formula is C25H33NO6S. The predicted octanol–water partition coefficient (Wildman–Crippen LogP) is 5.02. The van der Waals surface area contributed by atoms with Crippen molar-refractivity contribution in [1.29, 1.82) is 0 Å². The van der Waals surface area contributed by atoms with Gasteiger partial charge in [0.05, 0.1) is 16.2 Å². The van der Waals surface area contributed by atoms with Crippen molar-refractivity contribution in [3.05, 3.63) is 35.9 Å². The molecule has 0 saturated heterocycles. The minimum atomic E-state index is -3.71. The van der Waals surface area contributed by atoms with Gasteiger partial charge in [-0.05, 0) is 42.7 Å². The molecule has 0 unspecified atom stereocenters. The summed E-state index contributed by atoms with van der Waals surface area (Å²) < 4.78 is 37.8. The summed E-state index contributed by atoms with van der Waals surface area (Å²) >= 11 is 0. The van der Waals surface area contributed by atoms with E-state index in [9.17, 15) is 18.3 Å². The molecule has 0 fully saturated rings. The summed E-state index contributed by atoms with van der Waals surface area (Å²) in [6, 6.07) is 8.28. The van der Waals surface area contributed by atoms with Crippen LogP contribution < -0.4 is 14.4 Å². The van der Waals surface area contributed by atoms with E-state index in [2.05, 4.69) is 18.7 Å². The molecule has 180 valence electrons. The van der Waals surface area contributed by atoms with Crippen LogP contribution in [-0.4, -0.2) is 51.5 Å². The lowest BCUT2D eigenvalue weighted by molar-refractivity contribution is 0.0696. The number of benzene rings is 2. The van der Waals surface area contributed by atoms with Crippen molar-refractivity contribution in [2.75, 3.05) is 37.0 Å². The van der Waals surface area contributed by atoms with Crippen LogP contribution >= 0.6 is 0 Å². The van der Waals surface area contributed by atoms with Crippen LogP contribution in [0.15, 0.2) is 35.2 Å². The standard InChI is InChI=1S/C25H33NO6S/c1-4-7-11-26(12-8-5-2)20-15-19(25(27)28)17-23(33(29,30)6-3)24(20)18-9-10-21-22(16-18)32-14-13-31-21/h9-10,15-17H,4-8,11-14H2,1-3H3,(H,27,28). The van der Waals surface area contributed by atoms with Crippen molar-refractivity contribution in [2.24, 2.45) is 0 Å². The Labute approximate surface area is 196 Å². The van der Waals surface area contributed by atoms with Crippen molar-refractivity contribution < 1.29 is 27.8 Å². The Kier molecular flexibility index (Phi) is 8.24. The van der Waals surface area contributed by atoms with E-state index in [1.54, 1.807) is 25.1 Å². The Hall–Kier alpha value is -2.74. The number of carboxylic acid groups (broad SMARTS) is 1. The summed E-state index contributed by atoms with van der Waals surface area (Å²) in [5.41, 5.74) is 1.78. The Morgan fingerprint density at radius 2 is 1.61 bits per heavy atom. The number of fused-ring (bicyclic) bond motifs is 1. The predicted molar refractivity (Wildman–Crippen MR) is 130 cm³/mol. The van der Waals surface area contributed by atoms with Gasteiger partial charge in [0, 0.05) is 24.3 Å². The third-order valence-corrected chi connectivity index (χ3v) is 7.53. The fourth-order valence-electron chi connectivity index (χ4n) is 3.91. The number of aromatic carboxylic acids is 1. The number of ether oxygens (including phenoxy) is 2. The summed E-state index contributed by atoms with van der Waals surface area (Å²) in [5, 5.41) is 9.78. The van der Waals surface area contributed by atoms with Gasteiger partial charge in [0.15, 0.2) is 21.3 Å². The minimum absolute atomic E-state index is 0.0312. The maximum absolute atomic E-state index is 13.2. The molecule has 7 nitrogen and oxygen atoms in total. The lowest BCUT2D eigenvalue weighted by Gasteiger charge is -2.29. The van der Waals surface area contributed by atoms with Gasteiger partial charge in [-0.3, -0.25) is 0 Å². The Bertz CT molecular complexity index is 1090. The molecule has 3 rings (SSSR count). The number of hydrogen-bond acceptors (Lipinski definition) is 6. The molecule has 1 aliphatic heterocycles. The van der Waals surface area contributed by atoms with Crippen LogP contribution in [0.3, 0.4) is 0 Å². The van der Waals surface area contributed by atoms with Crippen molar-refractivity contribution in [1.82, 2.24) is 0 Å². The molecule has 33 heavy (non-hydrogen) atoms. The molecular weight excluding hydrogens is 442 g/mol. The highest BCUT2D eigenvalue weighted by atomic mass is 32.2. The van der Waals surface area contributed by atoms with E-state index in [4.69, 9.17) is 9.47 Å². The Balaban J connectivity index is 2.32. The van der Waals surface area contributed by atoms with Crippen LogP contribution in [0, 0.1) is 0 Å². The molecule has 0 atom stereocenters. The smallest absolute Gasteiger partial charge is 0.335 e. The minimum Gasteiger partial charge on any atom is -0.486 e. The number of sulfone groups is 1. The van der Waals surface area contributed by atoms with Crippen molar-refractivity contribution in [3.8, 4) is 22.6 Å². The molecule has 1 N–H and O–H groups in total. The zero-order chi connectivity index (χ0) is 24.0. The number of unbranched alkanes of at least 4 members (excludes halogenated alkanes) is 2. The number of nitrogens with zero attached hydrogens (tertiary/aromatic N) is 1. The van der Waals surface area contributed by atoms with Gasteiger partial charge >= 0.3 is 5.97 Å². The van der Waals surface area contributed by atoms with Crippen LogP contribution in [0.5, 0.6) is 11.5 Å². The fraction of sp³-hybridized carbons (Fsp3) is 0.480. The molecule has 0 saturated carbocycles. The number of carbonyl (C=O) groups is 1. The van der Waals surface area contributed by atoms with Gasteiger partial charge in [-0.25, -0.2) is 13.2 Å². The molecule has 1 aliphatic rings. The maximum atomic E-state index is 13.2. The second-order valence-corrected chi connectivity index (χ2v) is 10.4. The monoisotopic (exact) mass is 475 g/mol. The molecule has 0 aromatic heterocycles. The number of rotatable bonds is 11. The first-order valence-corrected chi connectivity index (χ1v) is 13.3. The first kappa shape index (κ1) is 24.9. The van der Waals surface area contributed by atoms with E-state index in [1.165, 1.54) is 6.07 Å². The highest BCUT2D eigenvalue weighted by molar-refractivity contribution is 7.91. The average molecular weight is 476 g/mol. The summed E-state index contributed by atoms with van der Waals surface area (Å²) in [6.45, 7) is 8.07. The third kappa shape index (κ3) is 5.61. The van der Waals surface area contributed by atoms with Crippen molar-refractivity contribution in [3.63, 3.8) is 0 Å². The second-order valence-electron chi connectivity index (χ2n) is 8.13. The molecule has 0 bridgehead atoms. The van der Waals surface area contributed by atoms with Gasteiger partial charge in [-0.1, -0.05) is 39.7 Å². The largest absolute Gasteiger partial charge is 0.486 e. The average Bonchev–Trinajstić information content (AvgIpc) is 2.83. The van der Waals surface area contributed by atoms with E-state index < -0.39 is 15.8 Å². The number of hydrogen-bond donors (Lipinski definition) is 1. The first-order chi connectivity index (χ1) is 15.8. The normalized spacial score (nSPS) is 13.1. The van der Waals surface area contributed by atoms with Gasteiger partial charge < -0.3 is 19.5 Å². The molecule has 0 amide bonds. The van der Waals surface area contributed by atoms with Gasteiger partial charge in [0.2, 0.25) is 0 Å². The lowest BCUT2D eigenvalue weighted by atomic mass is 9.99. The summed E-state index contributed by atoms with van der Waals surface area (Å²) in [4.78, 5) is 14.1. The molecule has 8 heteroatoms. The van der Waals surface area contributed by atoms with E-state index >= 15 is 0 Å². The van der Waals surface area contributed by atoms with Crippen LogP contribution in [0.25, 0.3) is 11.1 Å². The zero-order valence-corrected chi connectivity index (χ0v) is 20.4. The van der Waals surface area contributed by atoms with Gasteiger partial charge in [0.25, 0.3) is 0 Å². The molecule has 1 heterocycles. The first-order valence-electron chi connectivity index (χ1n) is 11.6. The topological polar surface area (TPSA) is 93.1 Å². The van der Waals surface area contributed by atoms with Crippen LogP contribution in [-0.2, 0) is 9.84 Å². The summed E-state index contributed by atoms with van der Waals surface area (Å²) in [7, 11) is -3.71. The highest BCUT2D eigenvalue weighted by Gasteiger charge is 2.27. The van der Waals surface area contributed by atoms with Crippen LogP contribution in [0.2, 0.25) is 0 Å². The second kappa shape index (κ2) is 10.9. The summed E-state index contributed by atoms with van der Waals surface area (Å²) in [5.74, 6) is -0.108. The number of anilines is 1. The van der Waals surface area contributed by atoms with E-state index in [-0.39, 0.29) is 16.2 Å². The molecule has 2 aromatic carbocycles. The SMILES string of the molecule is CCCCN(CCCC)c1cc(C(=O)O)cc(S(=O)(=O)CC)c1-c1ccc2c(c1)OCCO2. The van der Waals surface area contributed by atoms with Gasteiger partial charge in [0.1, 0.15) is 13.2 Å². The Morgan fingerprint density at radius 3 is 2.18 bits per heavy atom. The van der Waals surface area contributed by atoms with Crippen molar-refractivity contribution >= 4 is 21.5 Å². The maximum Gasteiger partial charge on any atom is 0.335 e. The molecule has 0 radical (unpaired) electrons. The molecule has 0 spiro atoms. The third-order valence-electron chi connectivity index (χ3n) is 5.78. The quantitative estimate of drug-likeness (QED) is 0.487. The van der Waals surface area contributed by atoms with Gasteiger partial charge in [-0.15, -0.1) is 0 Å². The van der Waals surface area contributed by atoms with Crippen LogP contribution in [0.4, 0.5) is 5.69 Å². The molecule has 2 aromatic rings. The number of carboxylic acids is 1. The highest BCUT2D eigenvalue weighted by Crippen LogP contribution is 2.42. The van der Waals surface area contributed by atoms with Crippen LogP contribution in [0.1, 0.15) is 56.8 Å². The Morgan fingerprint density at radius 1 is 0.970 bits per heavy atom. The van der Waals surface area contributed by atoms with E-state index in [1.807, 2.05) is 6.07 Å². The summed E-state index contributed by atoms with van der Waals surface area (Å²) in [6.07, 6.45) is 3.77. The van der Waals surface area contributed by atoms with Crippen molar-refractivity contribution in [2.45, 2.75) is 51.3 Å². The zero-order valence-electron chi connectivity index (χ0n) is 19.6. The molecule has 0 aliphatic carbocycles. The fourth-order valence-corrected chi connectivity index (χ4v) is 5.07. The lowest BCUT2D eigenvalue weighted by Crippen LogP contribution is -2.27.